The van der Waals surface area contributed by atoms with Crippen LogP contribution < -0.4 is 0 Å². The van der Waals surface area contributed by atoms with E-state index in [1.54, 1.807) is 0 Å². The van der Waals surface area contributed by atoms with Crippen molar-refractivity contribution in [2.75, 3.05) is 13.2 Å². The summed E-state index contributed by atoms with van der Waals surface area (Å²) < 4.78 is 11.7. The van der Waals surface area contributed by atoms with Gasteiger partial charge in [-0.2, -0.15) is 0 Å². The second kappa shape index (κ2) is 3.87. The number of alkyl halides is 1. The molecule has 0 saturated heterocycles. The Bertz CT molecular complexity index is 60.9. The van der Waals surface area contributed by atoms with Gasteiger partial charge in [-0.3, -0.25) is 4.79 Å². The summed E-state index contributed by atoms with van der Waals surface area (Å²) in [5.41, 5.74) is 0. The van der Waals surface area contributed by atoms with Crippen LogP contribution in [0, 0.1) is 0 Å². The smallest absolute Gasteiger partial charge is 0.262 e. The zero-order valence-corrected chi connectivity index (χ0v) is 4.28. The Kier molecular flexibility index (Phi) is 3.69. The molecule has 0 aliphatic carbocycles. The van der Waals surface area contributed by atoms with E-state index in [0.29, 0.717) is 4.42 Å². The highest BCUT2D eigenvalue weighted by Crippen LogP contribution is 1.85. The third-order valence-electron chi connectivity index (χ3n) is 0.380. The second-order valence-corrected chi connectivity index (χ2v) is 1.27. The van der Waals surface area contributed by atoms with Gasteiger partial charge in [-0.15, -0.1) is 0 Å². The fourth-order valence-electron chi connectivity index (χ4n) is 0.120. The molecule has 0 atom stereocenters. The highest BCUT2D eigenvalue weighted by atomic mass is 35.5. The molecule has 1 amide bonds. The molecule has 0 aromatic carbocycles. The average Bonchev–Trinajstić information content (AvgIpc) is 1.68. The van der Waals surface area contributed by atoms with Crippen molar-refractivity contribution >= 4 is 18.2 Å². The number of rotatable bonds is 3. The topological polar surface area (TPSA) is 20.3 Å². The molecule has 2 nitrogen and oxygen atoms in total. The van der Waals surface area contributed by atoms with E-state index in [1.807, 2.05) is 0 Å². The molecule has 0 spiro atoms. The van der Waals surface area contributed by atoms with Crippen LogP contribution in [0.3, 0.4) is 0 Å². The van der Waals surface area contributed by atoms with Gasteiger partial charge in [-0.25, -0.2) is 8.81 Å². The van der Waals surface area contributed by atoms with Crippen LogP contribution in [0.5, 0.6) is 0 Å². The lowest BCUT2D eigenvalue weighted by Gasteiger charge is -1.97. The summed E-state index contributed by atoms with van der Waals surface area (Å²) in [4.78, 5) is 9.40. The maximum absolute atomic E-state index is 11.1. The normalized spacial score (nSPS) is 8.29. The summed E-state index contributed by atoms with van der Waals surface area (Å²) in [5.74, 6) is 0. The van der Waals surface area contributed by atoms with Gasteiger partial charge in [-0.05, 0) is 0 Å². The molecule has 0 aliphatic rings. The third kappa shape index (κ3) is 3.52. The van der Waals surface area contributed by atoms with E-state index < -0.39 is 6.67 Å². The summed E-state index contributed by atoms with van der Waals surface area (Å²) >= 11 is 4.94. The first-order valence-electron chi connectivity index (χ1n) is 1.68. The van der Waals surface area contributed by atoms with Crippen molar-refractivity contribution in [3.63, 3.8) is 0 Å². The Labute approximate surface area is 46.0 Å². The van der Waals surface area contributed by atoms with Gasteiger partial charge in [0.1, 0.15) is 6.67 Å². The molecule has 0 aliphatic heterocycles. The minimum atomic E-state index is -0.626. The lowest BCUT2D eigenvalue weighted by molar-refractivity contribution is 0.425. The fourth-order valence-corrected chi connectivity index (χ4v) is 0.184. The first kappa shape index (κ1) is 6.69. The molecule has 1 radical (unpaired) electrons. The summed E-state index contributed by atoms with van der Waals surface area (Å²) in [6.07, 6.45) is 1.27. The standard InChI is InChI=1S/C3H4ClFNO/c4-6(3-7)2-1-5/h1-2H2. The molecule has 0 aromatic heterocycles. The second-order valence-electron chi connectivity index (χ2n) is 0.866. The lowest BCUT2D eigenvalue weighted by Crippen LogP contribution is -2.11. The minimum absolute atomic E-state index is 0.0922. The predicted molar refractivity (Wildman–Crippen MR) is 24.2 cm³/mol. The monoisotopic (exact) mass is 124 g/mol. The van der Waals surface area contributed by atoms with E-state index in [2.05, 4.69) is 0 Å². The van der Waals surface area contributed by atoms with Gasteiger partial charge in [0, 0.05) is 11.8 Å². The van der Waals surface area contributed by atoms with E-state index in [-0.39, 0.29) is 6.54 Å². The van der Waals surface area contributed by atoms with E-state index in [9.17, 15) is 9.18 Å². The number of halogens is 2. The van der Waals surface area contributed by atoms with Gasteiger partial charge in [0.25, 0.3) is 0 Å². The van der Waals surface area contributed by atoms with Crippen molar-refractivity contribution in [2.45, 2.75) is 0 Å². The Balaban J connectivity index is 2.98. The van der Waals surface area contributed by atoms with Crippen LogP contribution in [0.1, 0.15) is 0 Å². The van der Waals surface area contributed by atoms with Gasteiger partial charge in [0.15, 0.2) is 0 Å². The van der Waals surface area contributed by atoms with Gasteiger partial charge < -0.3 is 0 Å². The SMILES string of the molecule is O=[C]N(Cl)CCF. The molecule has 0 bridgehead atoms. The number of nitrogens with zero attached hydrogens (tertiary/aromatic N) is 1. The summed E-state index contributed by atoms with van der Waals surface area (Å²) in [7, 11) is 0. The molecule has 0 saturated carbocycles. The Hall–Kier alpha value is -0.310. The first-order chi connectivity index (χ1) is 3.31. The maximum Gasteiger partial charge on any atom is 0.327 e. The first-order valence-corrected chi connectivity index (χ1v) is 2.02. The molecule has 4 heteroatoms. The van der Waals surface area contributed by atoms with Crippen LogP contribution in [-0.4, -0.2) is 24.0 Å². The van der Waals surface area contributed by atoms with Crippen molar-refractivity contribution in [3.8, 4) is 0 Å². The van der Waals surface area contributed by atoms with E-state index in [1.165, 1.54) is 6.41 Å². The Morgan fingerprint density at radius 3 is 2.57 bits per heavy atom. The van der Waals surface area contributed by atoms with E-state index >= 15 is 0 Å². The van der Waals surface area contributed by atoms with Crippen molar-refractivity contribution in [1.29, 1.82) is 0 Å². The summed E-state index contributed by atoms with van der Waals surface area (Å²) in [5, 5.41) is 0. The zero-order valence-electron chi connectivity index (χ0n) is 3.53. The minimum Gasteiger partial charge on any atom is -0.262 e. The number of carbonyl (C=O) groups excluding carboxylic acids is 1. The van der Waals surface area contributed by atoms with E-state index in [4.69, 9.17) is 11.8 Å². The average molecular weight is 125 g/mol. The molecule has 0 heterocycles. The van der Waals surface area contributed by atoms with Gasteiger partial charge in [-0.1, -0.05) is 0 Å². The quantitative estimate of drug-likeness (QED) is 0.396. The highest BCUT2D eigenvalue weighted by Gasteiger charge is 1.92. The molecule has 41 valence electrons. The molecular weight excluding hydrogens is 120 g/mol. The van der Waals surface area contributed by atoms with Crippen LogP contribution >= 0.6 is 11.8 Å². The molecule has 0 N–H and O–H groups in total. The number of amides is 1. The van der Waals surface area contributed by atoms with Crippen LogP contribution in [0.25, 0.3) is 0 Å². The van der Waals surface area contributed by atoms with Crippen molar-refractivity contribution in [1.82, 2.24) is 4.42 Å². The van der Waals surface area contributed by atoms with Crippen LogP contribution in [0.4, 0.5) is 4.39 Å². The molecule has 0 aromatic rings. The predicted octanol–water partition coefficient (Wildman–Crippen LogP) is 0.479. The largest absolute Gasteiger partial charge is 0.327 e. The van der Waals surface area contributed by atoms with Crippen molar-refractivity contribution in [2.24, 2.45) is 0 Å². The molecule has 0 unspecified atom stereocenters. The van der Waals surface area contributed by atoms with Crippen LogP contribution in [0.15, 0.2) is 0 Å². The molecule has 0 fully saturated rings. The number of hydrogen-bond donors (Lipinski definition) is 0. The van der Waals surface area contributed by atoms with Crippen LogP contribution in [-0.2, 0) is 4.79 Å². The Morgan fingerprint density at radius 2 is 2.43 bits per heavy atom. The molecular formula is C3H4ClFNO. The van der Waals surface area contributed by atoms with Gasteiger partial charge >= 0.3 is 6.41 Å². The fraction of sp³-hybridized carbons (Fsp3) is 0.667. The van der Waals surface area contributed by atoms with Crippen molar-refractivity contribution in [3.05, 3.63) is 0 Å². The highest BCUT2D eigenvalue weighted by molar-refractivity contribution is 6.18. The summed E-state index contributed by atoms with van der Waals surface area (Å²) in [6.45, 7) is -0.718. The van der Waals surface area contributed by atoms with Gasteiger partial charge in [0.2, 0.25) is 0 Å². The zero-order chi connectivity index (χ0) is 5.70. The number of hydrogen-bond acceptors (Lipinski definition) is 1. The maximum atomic E-state index is 11.1. The summed E-state index contributed by atoms with van der Waals surface area (Å²) in [6, 6.07) is 0. The van der Waals surface area contributed by atoms with Gasteiger partial charge in [0.05, 0.1) is 6.54 Å². The lowest BCUT2D eigenvalue weighted by atomic mass is 10.7. The van der Waals surface area contributed by atoms with Crippen LogP contribution in [0.2, 0.25) is 0 Å². The van der Waals surface area contributed by atoms with E-state index in [0.717, 1.165) is 0 Å². The third-order valence-corrected chi connectivity index (χ3v) is 0.618. The molecule has 0 rings (SSSR count). The Morgan fingerprint density at radius 1 is 1.86 bits per heavy atom. The molecule has 7 heavy (non-hydrogen) atoms. The van der Waals surface area contributed by atoms with Crippen molar-refractivity contribution < 1.29 is 9.18 Å².